The molecule has 4 aromatic rings. The number of fused-ring (bicyclic) bond motifs is 2. The zero-order chi connectivity index (χ0) is 22.9. The van der Waals surface area contributed by atoms with E-state index in [0.29, 0.717) is 23.4 Å². The van der Waals surface area contributed by atoms with Crippen LogP contribution in [0.3, 0.4) is 0 Å². The van der Waals surface area contributed by atoms with Crippen molar-refractivity contribution < 1.29 is 5.11 Å². The number of aromatic nitrogens is 5. The van der Waals surface area contributed by atoms with Gasteiger partial charge in [0, 0.05) is 49.4 Å². The van der Waals surface area contributed by atoms with Crippen LogP contribution in [0.1, 0.15) is 36.7 Å². The van der Waals surface area contributed by atoms with Gasteiger partial charge < -0.3 is 15.7 Å². The molecule has 0 spiro atoms. The summed E-state index contributed by atoms with van der Waals surface area (Å²) in [5.41, 5.74) is 5.41. The molecule has 3 N–H and O–H groups in total. The number of nitrogens with zero attached hydrogens (tertiary/aromatic N) is 5. The summed E-state index contributed by atoms with van der Waals surface area (Å²) in [6, 6.07) is 9.91. The number of aliphatic hydroxyl groups excluding tert-OH is 1. The minimum atomic E-state index is -0.146. The first-order valence-electron chi connectivity index (χ1n) is 11.2. The van der Waals surface area contributed by atoms with Crippen LogP contribution >= 0.6 is 0 Å². The molecule has 1 aliphatic rings. The molecule has 0 atom stereocenters. The Hall–Kier alpha value is -3.56. The zero-order valence-electron chi connectivity index (χ0n) is 18.7. The Labute approximate surface area is 191 Å². The lowest BCUT2D eigenvalue weighted by molar-refractivity contribution is 0.298. The van der Waals surface area contributed by atoms with Crippen molar-refractivity contribution in [2.75, 3.05) is 18.5 Å². The summed E-state index contributed by atoms with van der Waals surface area (Å²) >= 11 is 0. The number of hydrogen-bond donors (Lipinski definition) is 3. The summed E-state index contributed by atoms with van der Waals surface area (Å²) in [5, 5.41) is 16.5. The molecule has 170 valence electrons. The van der Waals surface area contributed by atoms with Crippen LogP contribution in [0.4, 0.5) is 11.6 Å². The first-order valence-corrected chi connectivity index (χ1v) is 11.2. The topological polar surface area (TPSA) is 110 Å². The smallest absolute Gasteiger partial charge is 0.278 e. The van der Waals surface area contributed by atoms with Gasteiger partial charge in [-0.2, -0.15) is 4.98 Å². The molecule has 3 aromatic heterocycles. The predicted octanol–water partition coefficient (Wildman–Crippen LogP) is 2.48. The molecular formula is C24H27N7O2. The van der Waals surface area contributed by atoms with Gasteiger partial charge in [0.2, 0.25) is 5.95 Å². The highest BCUT2D eigenvalue weighted by molar-refractivity contribution is 5.77. The summed E-state index contributed by atoms with van der Waals surface area (Å²) in [6.07, 6.45) is 4.73. The molecule has 0 aliphatic carbocycles. The second-order valence-corrected chi connectivity index (χ2v) is 8.50. The van der Waals surface area contributed by atoms with Crippen LogP contribution in [-0.2, 0) is 19.4 Å². The quantitative estimate of drug-likeness (QED) is 0.418. The molecule has 1 aliphatic heterocycles. The summed E-state index contributed by atoms with van der Waals surface area (Å²) in [6.45, 7) is 5.77. The standard InChI is InChI=1S/C24H27N7O2/c1-15(2)30-23(33)21-14-27-24(28-19-4-3-16-5-8-25-13-17(16)11-19)29-22(21)31(30)20-6-9-26-18(12-20)7-10-32/h3-4,6,9,11-12,14-15,25,32H,5,7-8,10,13H2,1-2H3,(H,27,28,29). The van der Waals surface area contributed by atoms with Gasteiger partial charge in [-0.3, -0.25) is 9.78 Å². The van der Waals surface area contributed by atoms with E-state index in [4.69, 9.17) is 4.98 Å². The van der Waals surface area contributed by atoms with Crippen LogP contribution in [0.25, 0.3) is 16.7 Å². The predicted molar refractivity (Wildman–Crippen MR) is 127 cm³/mol. The van der Waals surface area contributed by atoms with Crippen LogP contribution in [0, 0.1) is 0 Å². The summed E-state index contributed by atoms with van der Waals surface area (Å²) in [5.74, 6) is 0.422. The molecule has 1 aromatic carbocycles. The third-order valence-corrected chi connectivity index (χ3v) is 5.87. The van der Waals surface area contributed by atoms with Crippen LogP contribution in [-0.4, -0.2) is 42.6 Å². The molecule has 9 nitrogen and oxygen atoms in total. The molecule has 0 saturated heterocycles. The number of aliphatic hydroxyl groups is 1. The van der Waals surface area contributed by atoms with Gasteiger partial charge in [0.25, 0.3) is 5.56 Å². The van der Waals surface area contributed by atoms with Crippen molar-refractivity contribution in [2.24, 2.45) is 0 Å². The fraction of sp³-hybridized carbons (Fsp3) is 0.333. The largest absolute Gasteiger partial charge is 0.396 e. The van der Waals surface area contributed by atoms with E-state index in [-0.39, 0.29) is 18.2 Å². The maximum absolute atomic E-state index is 13.2. The van der Waals surface area contributed by atoms with Crippen molar-refractivity contribution in [2.45, 2.75) is 39.3 Å². The minimum Gasteiger partial charge on any atom is -0.396 e. The van der Waals surface area contributed by atoms with Gasteiger partial charge in [0.05, 0.1) is 5.69 Å². The van der Waals surface area contributed by atoms with E-state index < -0.39 is 0 Å². The Morgan fingerprint density at radius 3 is 2.88 bits per heavy atom. The van der Waals surface area contributed by atoms with Gasteiger partial charge in [-0.05, 0) is 62.2 Å². The van der Waals surface area contributed by atoms with Crippen molar-refractivity contribution in [3.8, 4) is 5.69 Å². The zero-order valence-corrected chi connectivity index (χ0v) is 18.7. The minimum absolute atomic E-state index is 0.00635. The fourth-order valence-electron chi connectivity index (χ4n) is 4.31. The van der Waals surface area contributed by atoms with E-state index in [1.54, 1.807) is 17.1 Å². The van der Waals surface area contributed by atoms with E-state index in [0.717, 1.165) is 36.6 Å². The molecule has 0 radical (unpaired) electrons. The molecule has 0 unspecified atom stereocenters. The van der Waals surface area contributed by atoms with E-state index in [1.807, 2.05) is 36.7 Å². The molecule has 5 rings (SSSR count). The van der Waals surface area contributed by atoms with Crippen molar-refractivity contribution in [3.05, 3.63) is 69.9 Å². The van der Waals surface area contributed by atoms with E-state index in [9.17, 15) is 9.90 Å². The second-order valence-electron chi connectivity index (χ2n) is 8.50. The van der Waals surface area contributed by atoms with E-state index in [1.165, 1.54) is 11.1 Å². The highest BCUT2D eigenvalue weighted by Gasteiger charge is 2.20. The number of nitrogens with one attached hydrogen (secondary N) is 2. The Morgan fingerprint density at radius 1 is 1.18 bits per heavy atom. The highest BCUT2D eigenvalue weighted by Crippen LogP contribution is 2.23. The highest BCUT2D eigenvalue weighted by atomic mass is 16.3. The van der Waals surface area contributed by atoms with Crippen molar-refractivity contribution >= 4 is 22.7 Å². The number of benzene rings is 1. The van der Waals surface area contributed by atoms with Gasteiger partial charge in [-0.25, -0.2) is 14.3 Å². The first kappa shape index (κ1) is 21.3. The molecule has 0 saturated carbocycles. The van der Waals surface area contributed by atoms with Crippen LogP contribution in [0.15, 0.2) is 47.5 Å². The average molecular weight is 446 g/mol. The third kappa shape index (κ3) is 4.01. The fourth-order valence-corrected chi connectivity index (χ4v) is 4.31. The monoisotopic (exact) mass is 445 g/mol. The summed E-state index contributed by atoms with van der Waals surface area (Å²) in [4.78, 5) is 26.7. The Balaban J connectivity index is 1.61. The molecule has 0 bridgehead atoms. The molecule has 9 heteroatoms. The third-order valence-electron chi connectivity index (χ3n) is 5.87. The maximum Gasteiger partial charge on any atom is 0.278 e. The van der Waals surface area contributed by atoms with Gasteiger partial charge in [0.15, 0.2) is 5.65 Å². The Bertz CT molecular complexity index is 1370. The Morgan fingerprint density at radius 2 is 2.06 bits per heavy atom. The maximum atomic E-state index is 13.2. The molecular weight excluding hydrogens is 418 g/mol. The SMILES string of the molecule is CC(C)n1c(=O)c2cnc(Nc3ccc4c(c3)CNCC4)nc2n1-c1ccnc(CCO)c1. The summed E-state index contributed by atoms with van der Waals surface area (Å²) in [7, 11) is 0. The molecule has 4 heterocycles. The lowest BCUT2D eigenvalue weighted by Gasteiger charge is -2.18. The number of hydrogen-bond acceptors (Lipinski definition) is 7. The van der Waals surface area contributed by atoms with Crippen LogP contribution in [0.2, 0.25) is 0 Å². The average Bonchev–Trinajstić information content (AvgIpc) is 3.11. The van der Waals surface area contributed by atoms with Crippen LogP contribution < -0.4 is 16.2 Å². The number of pyridine rings is 1. The number of anilines is 2. The van der Waals surface area contributed by atoms with E-state index in [2.05, 4.69) is 32.7 Å². The molecule has 0 fully saturated rings. The van der Waals surface area contributed by atoms with Gasteiger partial charge in [0.1, 0.15) is 5.39 Å². The second kappa shape index (κ2) is 8.76. The van der Waals surface area contributed by atoms with Crippen molar-refractivity contribution in [3.63, 3.8) is 0 Å². The lowest BCUT2D eigenvalue weighted by Crippen LogP contribution is -2.24. The molecule has 0 amide bonds. The van der Waals surface area contributed by atoms with E-state index >= 15 is 0 Å². The first-order chi connectivity index (χ1) is 16.0. The van der Waals surface area contributed by atoms with Gasteiger partial charge >= 0.3 is 0 Å². The van der Waals surface area contributed by atoms with Crippen molar-refractivity contribution in [1.82, 2.24) is 29.6 Å². The summed E-state index contributed by atoms with van der Waals surface area (Å²) < 4.78 is 3.49. The normalized spacial score (nSPS) is 13.5. The Kier molecular flexibility index (Phi) is 5.65. The van der Waals surface area contributed by atoms with Gasteiger partial charge in [-0.15, -0.1) is 0 Å². The van der Waals surface area contributed by atoms with Crippen LogP contribution in [0.5, 0.6) is 0 Å². The van der Waals surface area contributed by atoms with Crippen molar-refractivity contribution in [1.29, 1.82) is 0 Å². The number of rotatable bonds is 6. The lowest BCUT2D eigenvalue weighted by atomic mass is 10.0. The molecule has 33 heavy (non-hydrogen) atoms. The van der Waals surface area contributed by atoms with Gasteiger partial charge in [-0.1, -0.05) is 6.07 Å².